The minimum atomic E-state index is 0.0417. The third-order valence-electron chi connectivity index (χ3n) is 2.55. The van der Waals surface area contributed by atoms with Crippen LogP contribution in [0, 0.1) is 0 Å². The van der Waals surface area contributed by atoms with Crippen LogP contribution in [-0.2, 0) is 9.53 Å². The summed E-state index contributed by atoms with van der Waals surface area (Å²) >= 11 is 0. The Morgan fingerprint density at radius 1 is 1.37 bits per heavy atom. The molecule has 114 valence electrons. The molecule has 1 N–H and O–H groups in total. The van der Waals surface area contributed by atoms with Gasteiger partial charge >= 0.3 is 0 Å². The van der Waals surface area contributed by atoms with Crippen molar-refractivity contribution in [3.05, 3.63) is 12.2 Å². The summed E-state index contributed by atoms with van der Waals surface area (Å²) in [6.45, 7) is 11.0. The average molecular weight is 273 g/mol. The molecule has 1 aliphatic heterocycles. The van der Waals surface area contributed by atoms with Crippen molar-refractivity contribution in [3.63, 3.8) is 0 Å². The fourth-order valence-electron chi connectivity index (χ4n) is 1.37. The predicted molar refractivity (Wildman–Crippen MR) is 80.1 cm³/mol. The SMILES string of the molecule is CC.COC(C)(C)C.O=CN1CCCC1/C=C/CO. The van der Waals surface area contributed by atoms with Gasteiger partial charge in [-0.2, -0.15) is 0 Å². The van der Waals surface area contributed by atoms with E-state index in [0.717, 1.165) is 25.8 Å². The van der Waals surface area contributed by atoms with E-state index in [-0.39, 0.29) is 18.2 Å². The quantitative estimate of drug-likeness (QED) is 0.635. The van der Waals surface area contributed by atoms with Crippen molar-refractivity contribution in [1.29, 1.82) is 0 Å². The number of amides is 1. The second kappa shape index (κ2) is 12.2. The van der Waals surface area contributed by atoms with E-state index in [4.69, 9.17) is 9.84 Å². The smallest absolute Gasteiger partial charge is 0.210 e. The maximum Gasteiger partial charge on any atom is 0.210 e. The van der Waals surface area contributed by atoms with Crippen LogP contribution in [-0.4, -0.2) is 48.3 Å². The van der Waals surface area contributed by atoms with E-state index in [0.29, 0.717) is 0 Å². The molecule has 4 nitrogen and oxygen atoms in total. The van der Waals surface area contributed by atoms with Gasteiger partial charge in [-0.15, -0.1) is 0 Å². The first-order valence-electron chi connectivity index (χ1n) is 6.98. The zero-order chi connectivity index (χ0) is 15.3. The third kappa shape index (κ3) is 11.9. The van der Waals surface area contributed by atoms with Gasteiger partial charge in [0.15, 0.2) is 0 Å². The summed E-state index contributed by atoms with van der Waals surface area (Å²) < 4.78 is 4.94. The lowest BCUT2D eigenvalue weighted by Gasteiger charge is -2.15. The van der Waals surface area contributed by atoms with Crippen molar-refractivity contribution in [2.75, 3.05) is 20.3 Å². The molecule has 0 aromatic heterocycles. The number of hydrogen-bond donors (Lipinski definition) is 1. The largest absolute Gasteiger partial charge is 0.392 e. The van der Waals surface area contributed by atoms with E-state index >= 15 is 0 Å². The first-order chi connectivity index (χ1) is 8.94. The Bertz CT molecular complexity index is 234. The predicted octanol–water partition coefficient (Wildman–Crippen LogP) is 2.61. The molecule has 1 aliphatic rings. The Balaban J connectivity index is 0. The van der Waals surface area contributed by atoms with E-state index in [1.54, 1.807) is 18.1 Å². The van der Waals surface area contributed by atoms with Crippen molar-refractivity contribution in [2.24, 2.45) is 0 Å². The molecule has 0 saturated carbocycles. The van der Waals surface area contributed by atoms with E-state index in [2.05, 4.69) is 0 Å². The molecule has 1 saturated heterocycles. The lowest BCUT2D eigenvalue weighted by atomic mass is 10.2. The van der Waals surface area contributed by atoms with Gasteiger partial charge in [0.1, 0.15) is 0 Å². The van der Waals surface area contributed by atoms with Crippen LogP contribution in [0.5, 0.6) is 0 Å². The lowest BCUT2D eigenvalue weighted by Crippen LogP contribution is -2.25. The highest BCUT2D eigenvalue weighted by atomic mass is 16.5. The summed E-state index contributed by atoms with van der Waals surface area (Å²) in [5.74, 6) is 0. The monoisotopic (exact) mass is 273 g/mol. The molecular formula is C15H31NO3. The molecule has 0 aromatic rings. The van der Waals surface area contributed by atoms with Crippen LogP contribution in [0.1, 0.15) is 47.5 Å². The number of likely N-dealkylation sites (tertiary alicyclic amines) is 1. The Labute approximate surface area is 118 Å². The Morgan fingerprint density at radius 2 is 1.89 bits per heavy atom. The molecule has 1 fully saturated rings. The van der Waals surface area contributed by atoms with Crippen LogP contribution in [0.3, 0.4) is 0 Å². The van der Waals surface area contributed by atoms with Gasteiger partial charge in [0, 0.05) is 19.7 Å². The van der Waals surface area contributed by atoms with Crippen LogP contribution in [0.2, 0.25) is 0 Å². The zero-order valence-corrected chi connectivity index (χ0v) is 13.3. The third-order valence-corrected chi connectivity index (χ3v) is 2.55. The minimum Gasteiger partial charge on any atom is -0.392 e. The molecule has 1 rings (SSSR count). The second-order valence-electron chi connectivity index (χ2n) is 4.98. The van der Waals surface area contributed by atoms with Gasteiger partial charge in [-0.1, -0.05) is 26.0 Å². The van der Waals surface area contributed by atoms with Crippen LogP contribution >= 0.6 is 0 Å². The van der Waals surface area contributed by atoms with Gasteiger partial charge in [0.25, 0.3) is 0 Å². The molecule has 1 amide bonds. The van der Waals surface area contributed by atoms with E-state index in [1.165, 1.54) is 0 Å². The molecule has 1 unspecified atom stereocenters. The number of nitrogens with zero attached hydrogens (tertiary/aromatic N) is 1. The molecule has 19 heavy (non-hydrogen) atoms. The molecule has 0 radical (unpaired) electrons. The summed E-state index contributed by atoms with van der Waals surface area (Å²) in [6.07, 6.45) is 6.54. The molecule has 4 heteroatoms. The minimum absolute atomic E-state index is 0.0417. The van der Waals surface area contributed by atoms with Crippen LogP contribution in [0.4, 0.5) is 0 Å². The fraction of sp³-hybridized carbons (Fsp3) is 0.800. The summed E-state index contributed by atoms with van der Waals surface area (Å²) in [5, 5.41) is 8.49. The number of aliphatic hydroxyl groups is 1. The lowest BCUT2D eigenvalue weighted by molar-refractivity contribution is -0.118. The van der Waals surface area contributed by atoms with Crippen LogP contribution in [0.15, 0.2) is 12.2 Å². The fourth-order valence-corrected chi connectivity index (χ4v) is 1.37. The van der Waals surface area contributed by atoms with E-state index in [9.17, 15) is 4.79 Å². The molecule has 0 bridgehead atoms. The standard InChI is InChI=1S/C8H13NO2.C5H12O.C2H6/c10-6-2-4-8-3-1-5-9(8)7-11;1-5(2,3)6-4;1-2/h2,4,7-8,10H,1,3,5-6H2;1-4H3;1-2H3/b4-2+;;. The highest BCUT2D eigenvalue weighted by molar-refractivity contribution is 5.49. The number of methoxy groups -OCH3 is 1. The highest BCUT2D eigenvalue weighted by Crippen LogP contribution is 2.15. The van der Waals surface area contributed by atoms with Crippen molar-refractivity contribution in [2.45, 2.75) is 59.1 Å². The normalized spacial score (nSPS) is 18.5. The first kappa shape index (κ1) is 20.4. The van der Waals surface area contributed by atoms with Gasteiger partial charge in [-0.25, -0.2) is 0 Å². The first-order valence-corrected chi connectivity index (χ1v) is 6.98. The van der Waals surface area contributed by atoms with Crippen molar-refractivity contribution < 1.29 is 14.6 Å². The Morgan fingerprint density at radius 3 is 2.26 bits per heavy atom. The maximum absolute atomic E-state index is 10.4. The van der Waals surface area contributed by atoms with Gasteiger partial charge in [0.05, 0.1) is 12.2 Å². The van der Waals surface area contributed by atoms with E-state index in [1.807, 2.05) is 40.7 Å². The molecule has 1 atom stereocenters. The summed E-state index contributed by atoms with van der Waals surface area (Å²) in [5.41, 5.74) is 0.0417. The van der Waals surface area contributed by atoms with Gasteiger partial charge in [0.2, 0.25) is 6.41 Å². The molecular weight excluding hydrogens is 242 g/mol. The average Bonchev–Trinajstić information content (AvgIpc) is 2.86. The second-order valence-corrected chi connectivity index (χ2v) is 4.98. The topological polar surface area (TPSA) is 49.8 Å². The van der Waals surface area contributed by atoms with Gasteiger partial charge < -0.3 is 14.7 Å². The number of aliphatic hydroxyl groups excluding tert-OH is 1. The Hall–Kier alpha value is -0.870. The van der Waals surface area contributed by atoms with Crippen molar-refractivity contribution >= 4 is 6.41 Å². The summed E-state index contributed by atoms with van der Waals surface area (Å²) in [4.78, 5) is 12.2. The highest BCUT2D eigenvalue weighted by Gasteiger charge is 2.19. The van der Waals surface area contributed by atoms with E-state index < -0.39 is 0 Å². The van der Waals surface area contributed by atoms with Crippen molar-refractivity contribution in [1.82, 2.24) is 4.90 Å². The number of carbonyl (C=O) groups is 1. The zero-order valence-electron chi connectivity index (χ0n) is 13.3. The molecule has 0 aromatic carbocycles. The van der Waals surface area contributed by atoms with Gasteiger partial charge in [-0.05, 0) is 33.6 Å². The van der Waals surface area contributed by atoms with Crippen molar-refractivity contribution in [3.8, 4) is 0 Å². The number of ether oxygens (including phenoxy) is 1. The van der Waals surface area contributed by atoms with Gasteiger partial charge in [-0.3, -0.25) is 4.79 Å². The number of hydrogen-bond acceptors (Lipinski definition) is 3. The molecule has 0 spiro atoms. The molecule has 1 heterocycles. The number of rotatable bonds is 3. The Kier molecular flexibility index (Phi) is 13.1. The van der Waals surface area contributed by atoms with Crippen LogP contribution < -0.4 is 0 Å². The maximum atomic E-state index is 10.4. The number of carbonyl (C=O) groups excluding carboxylic acids is 1. The van der Waals surface area contributed by atoms with Crippen LogP contribution in [0.25, 0.3) is 0 Å². The summed E-state index contributed by atoms with van der Waals surface area (Å²) in [6, 6.07) is 0.222. The molecule has 0 aliphatic carbocycles. The summed E-state index contributed by atoms with van der Waals surface area (Å²) in [7, 11) is 1.71.